The number of nitrogens with one attached hydrogen (secondary N) is 2. The van der Waals surface area contributed by atoms with Gasteiger partial charge in [-0.25, -0.2) is 9.18 Å². The van der Waals surface area contributed by atoms with E-state index in [2.05, 4.69) is 20.5 Å². The number of benzene rings is 1. The summed E-state index contributed by atoms with van der Waals surface area (Å²) in [5, 5.41) is 6.21. The number of amides is 2. The van der Waals surface area contributed by atoms with Crippen LogP contribution in [0.25, 0.3) is 0 Å². The van der Waals surface area contributed by atoms with Gasteiger partial charge in [0.2, 0.25) is 0 Å². The Bertz CT molecular complexity index is 758. The van der Waals surface area contributed by atoms with Crippen LogP contribution < -0.4 is 10.6 Å². The smallest absolute Gasteiger partial charge is 0.319 e. The van der Waals surface area contributed by atoms with Gasteiger partial charge in [-0.2, -0.15) is 0 Å². The maximum atomic E-state index is 13.2. The van der Waals surface area contributed by atoms with Gasteiger partial charge in [-0.3, -0.25) is 9.88 Å². The number of rotatable bonds is 5. The van der Waals surface area contributed by atoms with E-state index in [4.69, 9.17) is 11.6 Å². The van der Waals surface area contributed by atoms with E-state index in [-0.39, 0.29) is 11.8 Å². The predicted octanol–water partition coefficient (Wildman–Crippen LogP) is 3.91. The highest BCUT2D eigenvalue weighted by molar-refractivity contribution is 6.31. The quantitative estimate of drug-likeness (QED) is 0.831. The Labute approximate surface area is 157 Å². The first-order chi connectivity index (χ1) is 12.6. The van der Waals surface area contributed by atoms with Crippen molar-refractivity contribution in [2.75, 3.05) is 25.0 Å². The van der Waals surface area contributed by atoms with Gasteiger partial charge in [0.05, 0.1) is 10.7 Å². The molecule has 0 spiro atoms. The molecule has 0 saturated carbocycles. The normalized spacial score (nSPS) is 17.7. The van der Waals surface area contributed by atoms with E-state index in [0.29, 0.717) is 29.7 Å². The fourth-order valence-electron chi connectivity index (χ4n) is 3.19. The number of hydrogen-bond acceptors (Lipinski definition) is 3. The fourth-order valence-corrected chi connectivity index (χ4v) is 3.37. The van der Waals surface area contributed by atoms with Gasteiger partial charge in [0.1, 0.15) is 5.82 Å². The van der Waals surface area contributed by atoms with Crippen molar-refractivity contribution in [3.8, 4) is 0 Å². The van der Waals surface area contributed by atoms with E-state index >= 15 is 0 Å². The van der Waals surface area contributed by atoms with Crippen LogP contribution in [-0.2, 0) is 6.54 Å². The van der Waals surface area contributed by atoms with Crippen LogP contribution in [0.2, 0.25) is 5.02 Å². The first-order valence-electron chi connectivity index (χ1n) is 8.72. The second-order valence-corrected chi connectivity index (χ2v) is 6.93. The average Bonchev–Trinajstić information content (AvgIpc) is 2.62. The minimum absolute atomic E-state index is 0.319. The van der Waals surface area contributed by atoms with Gasteiger partial charge in [0.25, 0.3) is 0 Å². The van der Waals surface area contributed by atoms with Crippen LogP contribution in [0.4, 0.5) is 14.9 Å². The number of piperidine rings is 1. The molecule has 0 aliphatic carbocycles. The molecule has 7 heteroatoms. The van der Waals surface area contributed by atoms with Crippen molar-refractivity contribution in [1.29, 1.82) is 0 Å². The zero-order chi connectivity index (χ0) is 18.4. The van der Waals surface area contributed by atoms with E-state index < -0.39 is 0 Å². The Hall–Kier alpha value is -2.18. The zero-order valence-corrected chi connectivity index (χ0v) is 15.2. The maximum absolute atomic E-state index is 13.2. The van der Waals surface area contributed by atoms with E-state index in [1.54, 1.807) is 18.3 Å². The lowest BCUT2D eigenvalue weighted by Gasteiger charge is -2.32. The van der Waals surface area contributed by atoms with Crippen molar-refractivity contribution in [1.82, 2.24) is 15.2 Å². The largest absolute Gasteiger partial charge is 0.338 e. The lowest BCUT2D eigenvalue weighted by molar-refractivity contribution is 0.164. The summed E-state index contributed by atoms with van der Waals surface area (Å²) in [6, 6.07) is 9.20. The molecule has 5 nitrogen and oxygen atoms in total. The number of carbonyl (C=O) groups is 1. The Kier molecular flexibility index (Phi) is 6.41. The Balaban J connectivity index is 1.46. The first-order valence-corrected chi connectivity index (χ1v) is 9.10. The second-order valence-electron chi connectivity index (χ2n) is 6.52. The lowest BCUT2D eigenvalue weighted by Crippen LogP contribution is -2.41. The molecule has 1 unspecified atom stereocenters. The maximum Gasteiger partial charge on any atom is 0.319 e. The minimum Gasteiger partial charge on any atom is -0.338 e. The van der Waals surface area contributed by atoms with E-state index in [9.17, 15) is 9.18 Å². The number of carbonyl (C=O) groups excluding carboxylic acids is 1. The molecule has 3 rings (SSSR count). The lowest BCUT2D eigenvalue weighted by atomic mass is 9.98. The number of aromatic nitrogens is 1. The van der Waals surface area contributed by atoms with E-state index in [0.717, 1.165) is 31.6 Å². The third kappa shape index (κ3) is 5.41. The average molecular weight is 377 g/mol. The summed E-state index contributed by atoms with van der Waals surface area (Å²) in [5.74, 6) is -0.0107. The molecule has 2 aromatic rings. The fraction of sp³-hybridized carbons (Fsp3) is 0.368. The number of halogens is 2. The summed E-state index contributed by atoms with van der Waals surface area (Å²) < 4.78 is 13.2. The molecule has 2 heterocycles. The topological polar surface area (TPSA) is 57.3 Å². The molecular weight excluding hydrogens is 355 g/mol. The van der Waals surface area contributed by atoms with Crippen LogP contribution in [0.3, 0.4) is 0 Å². The molecule has 2 N–H and O–H groups in total. The molecule has 138 valence electrons. The highest BCUT2D eigenvalue weighted by Crippen LogP contribution is 2.20. The van der Waals surface area contributed by atoms with Crippen LogP contribution in [0, 0.1) is 11.7 Å². The summed E-state index contributed by atoms with van der Waals surface area (Å²) >= 11 is 6.19. The van der Waals surface area contributed by atoms with Crippen molar-refractivity contribution in [2.24, 2.45) is 5.92 Å². The molecule has 0 radical (unpaired) electrons. The number of anilines is 1. The molecule has 1 atom stereocenters. The number of urea groups is 1. The summed E-state index contributed by atoms with van der Waals surface area (Å²) in [7, 11) is 0. The Morgan fingerprint density at radius 2 is 2.23 bits per heavy atom. The summed E-state index contributed by atoms with van der Waals surface area (Å²) in [6.45, 7) is 3.17. The number of pyridine rings is 1. The second kappa shape index (κ2) is 8.96. The molecule has 0 bridgehead atoms. The molecular formula is C19H22ClFN4O. The van der Waals surface area contributed by atoms with Gasteiger partial charge >= 0.3 is 6.03 Å². The number of hydrogen-bond donors (Lipinski definition) is 2. The monoisotopic (exact) mass is 376 g/mol. The summed E-state index contributed by atoms with van der Waals surface area (Å²) in [4.78, 5) is 18.7. The molecule has 1 aliphatic rings. The molecule has 26 heavy (non-hydrogen) atoms. The third-order valence-electron chi connectivity index (χ3n) is 4.44. The van der Waals surface area contributed by atoms with Crippen LogP contribution in [0.1, 0.15) is 18.5 Å². The van der Waals surface area contributed by atoms with Gasteiger partial charge in [0.15, 0.2) is 0 Å². The SMILES string of the molecule is O=C(NCC1CCCN(Cc2ncccc2Cl)C1)Nc1cccc(F)c1. The highest BCUT2D eigenvalue weighted by Gasteiger charge is 2.21. The van der Waals surface area contributed by atoms with Crippen molar-refractivity contribution in [3.05, 3.63) is 59.1 Å². The van der Waals surface area contributed by atoms with Crippen LogP contribution in [0.5, 0.6) is 0 Å². The molecule has 1 saturated heterocycles. The Morgan fingerprint density at radius 3 is 3.04 bits per heavy atom. The summed E-state index contributed by atoms with van der Waals surface area (Å²) in [6.07, 6.45) is 3.88. The standard InChI is InChI=1S/C19H22ClFN4O/c20-17-7-2-8-22-18(17)13-25-9-3-4-14(12-25)11-23-19(26)24-16-6-1-5-15(21)10-16/h1-2,5-8,10,14H,3-4,9,11-13H2,(H2,23,24,26). The van der Waals surface area contributed by atoms with Gasteiger partial charge in [-0.1, -0.05) is 17.7 Å². The Morgan fingerprint density at radius 1 is 1.35 bits per heavy atom. The van der Waals surface area contributed by atoms with E-state index in [1.807, 2.05) is 12.1 Å². The van der Waals surface area contributed by atoms with Crippen molar-refractivity contribution in [2.45, 2.75) is 19.4 Å². The third-order valence-corrected chi connectivity index (χ3v) is 4.79. The molecule has 1 aromatic heterocycles. The number of likely N-dealkylation sites (tertiary alicyclic amines) is 1. The van der Waals surface area contributed by atoms with Crippen LogP contribution in [0.15, 0.2) is 42.6 Å². The molecule has 1 aliphatic heterocycles. The summed E-state index contributed by atoms with van der Waals surface area (Å²) in [5.41, 5.74) is 1.32. The highest BCUT2D eigenvalue weighted by atomic mass is 35.5. The van der Waals surface area contributed by atoms with Gasteiger partial charge in [-0.15, -0.1) is 0 Å². The van der Waals surface area contributed by atoms with Crippen molar-refractivity contribution in [3.63, 3.8) is 0 Å². The van der Waals surface area contributed by atoms with Crippen molar-refractivity contribution >= 4 is 23.3 Å². The molecule has 2 amide bonds. The van der Waals surface area contributed by atoms with Crippen LogP contribution in [-0.4, -0.2) is 35.5 Å². The van der Waals surface area contributed by atoms with Gasteiger partial charge in [-0.05, 0) is 55.6 Å². The number of nitrogens with zero attached hydrogens (tertiary/aromatic N) is 2. The van der Waals surface area contributed by atoms with Crippen LogP contribution >= 0.6 is 11.6 Å². The molecule has 1 fully saturated rings. The first kappa shape index (κ1) is 18.6. The van der Waals surface area contributed by atoms with Gasteiger partial charge in [0, 0.05) is 31.5 Å². The van der Waals surface area contributed by atoms with E-state index in [1.165, 1.54) is 12.1 Å². The minimum atomic E-state index is -0.376. The molecule has 1 aromatic carbocycles. The zero-order valence-electron chi connectivity index (χ0n) is 14.4. The van der Waals surface area contributed by atoms with Crippen molar-refractivity contribution < 1.29 is 9.18 Å². The predicted molar refractivity (Wildman–Crippen MR) is 101 cm³/mol. The van der Waals surface area contributed by atoms with Gasteiger partial charge < -0.3 is 10.6 Å².